The van der Waals surface area contributed by atoms with Crippen LogP contribution in [0, 0.1) is 16.7 Å². The standard InChI is InChI=1S/C5H7ClN2O2S/c6-11(9,10)4-5(1-7)2-8-3-5/h8H,2-4H2. The van der Waals surface area contributed by atoms with Gasteiger partial charge >= 0.3 is 0 Å². The van der Waals surface area contributed by atoms with Crippen molar-refractivity contribution in [3.05, 3.63) is 0 Å². The molecule has 0 aliphatic carbocycles. The van der Waals surface area contributed by atoms with Gasteiger partial charge in [0.15, 0.2) is 0 Å². The fourth-order valence-corrected chi connectivity index (χ4v) is 2.53. The smallest absolute Gasteiger partial charge is 0.234 e. The number of hydrogen-bond donors (Lipinski definition) is 1. The lowest BCUT2D eigenvalue weighted by atomic mass is 9.86. The molecule has 0 amide bonds. The summed E-state index contributed by atoms with van der Waals surface area (Å²) in [6.45, 7) is 0.824. The van der Waals surface area contributed by atoms with Gasteiger partial charge in [0.1, 0.15) is 0 Å². The van der Waals surface area contributed by atoms with Gasteiger partial charge in [-0.25, -0.2) is 8.42 Å². The molecule has 1 heterocycles. The Kier molecular flexibility index (Phi) is 2.10. The summed E-state index contributed by atoms with van der Waals surface area (Å²) in [7, 11) is 1.46. The van der Waals surface area contributed by atoms with Crippen LogP contribution in [0.25, 0.3) is 0 Å². The van der Waals surface area contributed by atoms with E-state index >= 15 is 0 Å². The summed E-state index contributed by atoms with van der Waals surface area (Å²) in [6.07, 6.45) is 0. The molecule has 0 radical (unpaired) electrons. The minimum absolute atomic E-state index is 0.259. The molecule has 1 aliphatic heterocycles. The highest BCUT2D eigenvalue weighted by Gasteiger charge is 2.40. The third kappa shape index (κ3) is 2.06. The summed E-state index contributed by atoms with van der Waals surface area (Å²) < 4.78 is 21.2. The largest absolute Gasteiger partial charge is 0.313 e. The summed E-state index contributed by atoms with van der Waals surface area (Å²) in [4.78, 5) is 0. The van der Waals surface area contributed by atoms with Gasteiger partial charge in [-0.05, 0) is 0 Å². The lowest BCUT2D eigenvalue weighted by Gasteiger charge is -2.34. The van der Waals surface area contributed by atoms with Gasteiger partial charge in [0.2, 0.25) is 9.05 Å². The Balaban J connectivity index is 2.69. The Morgan fingerprint density at radius 3 is 2.27 bits per heavy atom. The first-order valence-electron chi connectivity index (χ1n) is 3.02. The van der Waals surface area contributed by atoms with Crippen LogP contribution in [0.5, 0.6) is 0 Å². The lowest BCUT2D eigenvalue weighted by molar-refractivity contribution is 0.283. The second kappa shape index (κ2) is 2.63. The van der Waals surface area contributed by atoms with Crippen LogP contribution in [0.15, 0.2) is 0 Å². The van der Waals surface area contributed by atoms with E-state index in [2.05, 4.69) is 5.32 Å². The zero-order valence-electron chi connectivity index (χ0n) is 5.67. The van der Waals surface area contributed by atoms with Crippen molar-refractivity contribution >= 4 is 19.7 Å². The quantitative estimate of drug-likeness (QED) is 0.611. The third-order valence-corrected chi connectivity index (χ3v) is 2.84. The molecule has 0 aromatic rings. The molecule has 1 rings (SSSR count). The molecule has 0 spiro atoms. The predicted molar refractivity (Wildman–Crippen MR) is 40.6 cm³/mol. The maximum atomic E-state index is 10.6. The van der Waals surface area contributed by atoms with Crippen LogP contribution in [-0.4, -0.2) is 27.3 Å². The molecule has 1 fully saturated rings. The summed E-state index contributed by atoms with van der Waals surface area (Å²) in [5.74, 6) is -0.259. The molecule has 0 unspecified atom stereocenters. The highest BCUT2D eigenvalue weighted by atomic mass is 35.7. The minimum atomic E-state index is -3.55. The van der Waals surface area contributed by atoms with Crippen molar-refractivity contribution in [3.8, 4) is 6.07 Å². The van der Waals surface area contributed by atoms with Crippen LogP contribution in [0.1, 0.15) is 0 Å². The molecule has 6 heteroatoms. The first kappa shape index (κ1) is 8.78. The number of nitriles is 1. The van der Waals surface area contributed by atoms with Gasteiger partial charge in [0, 0.05) is 23.8 Å². The van der Waals surface area contributed by atoms with Crippen molar-refractivity contribution in [1.82, 2.24) is 5.32 Å². The van der Waals surface area contributed by atoms with Crippen molar-refractivity contribution in [2.24, 2.45) is 5.41 Å². The Bertz CT molecular complexity index is 288. The molecule has 0 bridgehead atoms. The summed E-state index contributed by atoms with van der Waals surface area (Å²) in [5, 5.41) is 11.4. The van der Waals surface area contributed by atoms with E-state index in [4.69, 9.17) is 15.9 Å². The Morgan fingerprint density at radius 2 is 2.18 bits per heavy atom. The molecular weight excluding hydrogens is 188 g/mol. The van der Waals surface area contributed by atoms with Gasteiger partial charge in [-0.1, -0.05) is 0 Å². The van der Waals surface area contributed by atoms with Gasteiger partial charge < -0.3 is 5.32 Å². The highest BCUT2D eigenvalue weighted by Crippen LogP contribution is 2.24. The van der Waals surface area contributed by atoms with Crippen LogP contribution >= 0.6 is 10.7 Å². The van der Waals surface area contributed by atoms with Gasteiger partial charge in [-0.2, -0.15) is 5.26 Å². The molecule has 4 nitrogen and oxygen atoms in total. The van der Waals surface area contributed by atoms with Gasteiger partial charge in [0.25, 0.3) is 0 Å². The van der Waals surface area contributed by atoms with Crippen LogP contribution in [0.2, 0.25) is 0 Å². The number of nitrogens with zero attached hydrogens (tertiary/aromatic N) is 1. The summed E-state index contributed by atoms with van der Waals surface area (Å²) >= 11 is 0. The van der Waals surface area contributed by atoms with E-state index in [1.807, 2.05) is 6.07 Å². The van der Waals surface area contributed by atoms with E-state index in [0.717, 1.165) is 0 Å². The Hall–Kier alpha value is -0.310. The van der Waals surface area contributed by atoms with Crippen molar-refractivity contribution in [2.75, 3.05) is 18.8 Å². The van der Waals surface area contributed by atoms with Crippen molar-refractivity contribution < 1.29 is 8.42 Å². The number of hydrogen-bond acceptors (Lipinski definition) is 4. The maximum Gasteiger partial charge on any atom is 0.234 e. The predicted octanol–water partition coefficient (Wildman–Crippen LogP) is -0.332. The van der Waals surface area contributed by atoms with Crippen molar-refractivity contribution in [1.29, 1.82) is 5.26 Å². The number of halogens is 1. The molecular formula is C5H7ClN2O2S. The molecule has 0 aromatic heterocycles. The number of rotatable bonds is 2. The average molecular weight is 195 g/mol. The zero-order chi connectivity index (χ0) is 8.54. The SMILES string of the molecule is N#CC1(CS(=O)(=O)Cl)CNC1. The summed E-state index contributed by atoms with van der Waals surface area (Å²) in [5.41, 5.74) is -0.777. The average Bonchev–Trinajstić information content (AvgIpc) is 1.77. The molecule has 0 atom stereocenters. The summed E-state index contributed by atoms with van der Waals surface area (Å²) in [6, 6.07) is 1.95. The van der Waals surface area contributed by atoms with Gasteiger partial charge in [-0.15, -0.1) is 0 Å². The van der Waals surface area contributed by atoms with E-state index in [-0.39, 0.29) is 5.75 Å². The Labute approximate surface area is 69.6 Å². The highest BCUT2D eigenvalue weighted by molar-refractivity contribution is 8.13. The molecule has 1 saturated heterocycles. The molecule has 0 aromatic carbocycles. The van der Waals surface area contributed by atoms with Gasteiger partial charge in [0.05, 0.1) is 17.2 Å². The van der Waals surface area contributed by atoms with E-state index in [1.165, 1.54) is 0 Å². The third-order valence-electron chi connectivity index (χ3n) is 1.61. The molecule has 11 heavy (non-hydrogen) atoms. The molecule has 62 valence electrons. The molecule has 0 saturated carbocycles. The Morgan fingerprint density at radius 1 is 1.64 bits per heavy atom. The number of nitrogens with one attached hydrogen (secondary N) is 1. The second-order valence-electron chi connectivity index (χ2n) is 2.68. The van der Waals surface area contributed by atoms with Gasteiger partial charge in [-0.3, -0.25) is 0 Å². The lowest BCUT2D eigenvalue weighted by Crippen LogP contribution is -2.55. The molecule has 1 aliphatic rings. The van der Waals surface area contributed by atoms with Crippen molar-refractivity contribution in [2.45, 2.75) is 0 Å². The minimum Gasteiger partial charge on any atom is -0.313 e. The van der Waals surface area contributed by atoms with Crippen LogP contribution in [0.3, 0.4) is 0 Å². The fourth-order valence-electron chi connectivity index (χ4n) is 0.970. The van der Waals surface area contributed by atoms with E-state index in [1.54, 1.807) is 0 Å². The molecule has 1 N–H and O–H groups in total. The topological polar surface area (TPSA) is 70.0 Å². The second-order valence-corrected chi connectivity index (χ2v) is 5.46. The monoisotopic (exact) mass is 194 g/mol. The zero-order valence-corrected chi connectivity index (χ0v) is 7.24. The van der Waals surface area contributed by atoms with E-state index in [0.29, 0.717) is 13.1 Å². The van der Waals surface area contributed by atoms with Crippen molar-refractivity contribution in [3.63, 3.8) is 0 Å². The first-order chi connectivity index (χ1) is 4.97. The maximum absolute atomic E-state index is 10.6. The van der Waals surface area contributed by atoms with E-state index in [9.17, 15) is 8.42 Å². The van der Waals surface area contributed by atoms with E-state index < -0.39 is 14.5 Å². The normalized spacial score (nSPS) is 21.8. The van der Waals surface area contributed by atoms with Crippen LogP contribution in [0.4, 0.5) is 0 Å². The first-order valence-corrected chi connectivity index (χ1v) is 5.50. The fraction of sp³-hybridized carbons (Fsp3) is 0.800. The van der Waals surface area contributed by atoms with Crippen LogP contribution in [-0.2, 0) is 9.05 Å². The van der Waals surface area contributed by atoms with Crippen LogP contribution < -0.4 is 5.32 Å².